The highest BCUT2D eigenvalue weighted by Crippen LogP contribution is 2.24. The zero-order valence-electron chi connectivity index (χ0n) is 10.9. The Bertz CT molecular complexity index is 788. The number of benzene rings is 2. The molecule has 0 aliphatic rings. The van der Waals surface area contributed by atoms with Gasteiger partial charge in [0.25, 0.3) is 15.7 Å². The van der Waals surface area contributed by atoms with E-state index in [4.69, 9.17) is 0 Å². The fourth-order valence-electron chi connectivity index (χ4n) is 1.70. The molecule has 0 bridgehead atoms. The maximum atomic E-state index is 12.2. The van der Waals surface area contributed by atoms with E-state index in [1.54, 1.807) is 19.1 Å². The van der Waals surface area contributed by atoms with Crippen LogP contribution < -0.4 is 4.72 Å². The molecule has 0 amide bonds. The largest absolute Gasteiger partial charge is 0.279 e. The van der Waals surface area contributed by atoms with Gasteiger partial charge in [-0.15, -0.1) is 0 Å². The Morgan fingerprint density at radius 3 is 2.33 bits per heavy atom. The normalized spacial score (nSPS) is 11.1. The van der Waals surface area contributed by atoms with Crippen molar-refractivity contribution >= 4 is 37.3 Å². The van der Waals surface area contributed by atoms with Gasteiger partial charge < -0.3 is 0 Å². The number of sulfonamides is 1. The highest BCUT2D eigenvalue weighted by atomic mass is 79.9. The van der Waals surface area contributed by atoms with Crippen molar-refractivity contribution in [3.63, 3.8) is 0 Å². The fraction of sp³-hybridized carbons (Fsp3) is 0.0769. The number of nitrogens with zero attached hydrogens (tertiary/aromatic N) is 1. The lowest BCUT2D eigenvalue weighted by Gasteiger charge is -2.08. The van der Waals surface area contributed by atoms with Gasteiger partial charge >= 0.3 is 0 Å². The van der Waals surface area contributed by atoms with E-state index >= 15 is 0 Å². The quantitative estimate of drug-likeness (QED) is 0.658. The van der Waals surface area contributed by atoms with Gasteiger partial charge in [-0.1, -0.05) is 22.0 Å². The van der Waals surface area contributed by atoms with Crippen LogP contribution in [0.4, 0.5) is 11.4 Å². The molecule has 2 aromatic rings. The molecular weight excluding hydrogens is 360 g/mol. The first-order valence-electron chi connectivity index (χ1n) is 5.83. The third kappa shape index (κ3) is 3.59. The van der Waals surface area contributed by atoms with Crippen molar-refractivity contribution in [3.05, 3.63) is 62.6 Å². The highest BCUT2D eigenvalue weighted by Gasteiger charge is 2.17. The number of aryl methyl sites for hydroxylation is 1. The van der Waals surface area contributed by atoms with Crippen LogP contribution in [0.3, 0.4) is 0 Å². The van der Waals surface area contributed by atoms with Gasteiger partial charge in [-0.3, -0.25) is 14.8 Å². The van der Waals surface area contributed by atoms with Crippen molar-refractivity contribution in [1.29, 1.82) is 0 Å². The molecule has 0 aliphatic carbocycles. The first kappa shape index (κ1) is 15.5. The molecule has 0 radical (unpaired) electrons. The summed E-state index contributed by atoms with van der Waals surface area (Å²) in [4.78, 5) is 10.4. The highest BCUT2D eigenvalue weighted by molar-refractivity contribution is 9.10. The van der Waals surface area contributed by atoms with Gasteiger partial charge in [-0.2, -0.15) is 0 Å². The van der Waals surface area contributed by atoms with E-state index in [9.17, 15) is 18.5 Å². The van der Waals surface area contributed by atoms with Crippen molar-refractivity contribution in [2.24, 2.45) is 0 Å². The monoisotopic (exact) mass is 370 g/mol. The summed E-state index contributed by atoms with van der Waals surface area (Å²) in [7, 11) is -3.78. The summed E-state index contributed by atoms with van der Waals surface area (Å²) in [5.74, 6) is 0. The van der Waals surface area contributed by atoms with Crippen molar-refractivity contribution in [2.75, 3.05) is 4.72 Å². The summed E-state index contributed by atoms with van der Waals surface area (Å²) < 4.78 is 27.5. The van der Waals surface area contributed by atoms with Gasteiger partial charge in [0.15, 0.2) is 0 Å². The molecule has 0 atom stereocenters. The van der Waals surface area contributed by atoms with E-state index in [0.717, 1.165) is 4.47 Å². The Morgan fingerprint density at radius 1 is 1.14 bits per heavy atom. The summed E-state index contributed by atoms with van der Waals surface area (Å²) in [6, 6.07) is 10.3. The van der Waals surface area contributed by atoms with Crippen LogP contribution in [0.15, 0.2) is 51.8 Å². The predicted octanol–water partition coefficient (Wildman–Crippen LogP) is 3.47. The lowest BCUT2D eigenvalue weighted by molar-refractivity contribution is -0.385. The average Bonchev–Trinajstić information content (AvgIpc) is 2.41. The number of hydrogen-bond donors (Lipinski definition) is 1. The molecule has 0 heterocycles. The van der Waals surface area contributed by atoms with Gasteiger partial charge in [0.2, 0.25) is 0 Å². The number of anilines is 1. The number of halogens is 1. The van der Waals surface area contributed by atoms with Crippen LogP contribution in [0, 0.1) is 17.0 Å². The zero-order chi connectivity index (χ0) is 15.6. The Balaban J connectivity index is 2.35. The number of nitro benzene ring substituents is 1. The third-order valence-electron chi connectivity index (χ3n) is 2.78. The Labute approximate surface area is 130 Å². The fourth-order valence-corrected chi connectivity index (χ4v) is 3.01. The van der Waals surface area contributed by atoms with E-state index in [-0.39, 0.29) is 16.3 Å². The molecule has 0 saturated carbocycles. The van der Waals surface area contributed by atoms with E-state index in [2.05, 4.69) is 20.7 Å². The van der Waals surface area contributed by atoms with Crippen molar-refractivity contribution in [1.82, 2.24) is 0 Å². The molecule has 1 N–H and O–H groups in total. The molecule has 0 unspecified atom stereocenters. The van der Waals surface area contributed by atoms with E-state index in [1.165, 1.54) is 30.3 Å². The van der Waals surface area contributed by atoms with Crippen molar-refractivity contribution in [3.8, 4) is 0 Å². The average molecular weight is 371 g/mol. The molecule has 2 aromatic carbocycles. The van der Waals surface area contributed by atoms with Crippen LogP contribution >= 0.6 is 15.9 Å². The molecule has 0 fully saturated rings. The second kappa shape index (κ2) is 5.82. The maximum Gasteiger partial charge on any atom is 0.274 e. The van der Waals surface area contributed by atoms with Crippen LogP contribution in [-0.2, 0) is 10.0 Å². The summed E-state index contributed by atoms with van der Waals surface area (Å²) in [5, 5.41) is 10.9. The Hall–Kier alpha value is -1.93. The molecule has 0 spiro atoms. The number of nitro groups is 1. The van der Waals surface area contributed by atoms with Crippen LogP contribution in [0.5, 0.6) is 0 Å². The van der Waals surface area contributed by atoms with Gasteiger partial charge in [0.1, 0.15) is 0 Å². The predicted molar refractivity (Wildman–Crippen MR) is 82.8 cm³/mol. The molecule has 0 aliphatic heterocycles. The van der Waals surface area contributed by atoms with Crippen LogP contribution in [0.2, 0.25) is 0 Å². The van der Waals surface area contributed by atoms with Crippen LogP contribution in [0.25, 0.3) is 0 Å². The second-order valence-corrected chi connectivity index (χ2v) is 6.92. The molecule has 6 nitrogen and oxygen atoms in total. The summed E-state index contributed by atoms with van der Waals surface area (Å²) in [6.07, 6.45) is 0. The minimum absolute atomic E-state index is 0.0777. The number of rotatable bonds is 4. The van der Waals surface area contributed by atoms with Crippen LogP contribution in [0.1, 0.15) is 5.56 Å². The smallest absolute Gasteiger partial charge is 0.274 e. The van der Waals surface area contributed by atoms with Crippen molar-refractivity contribution in [2.45, 2.75) is 11.8 Å². The van der Waals surface area contributed by atoms with Gasteiger partial charge in [-0.05, 0) is 37.3 Å². The van der Waals surface area contributed by atoms with E-state index in [1.807, 2.05) is 0 Å². The molecule has 8 heteroatoms. The molecule has 21 heavy (non-hydrogen) atoms. The SMILES string of the molecule is Cc1ccc(NS(=O)(=O)c2ccc(Br)cc2)cc1[N+](=O)[O-]. The standard InChI is InChI=1S/C13H11BrN2O4S/c1-9-2-5-11(8-13(9)16(17)18)15-21(19,20)12-6-3-10(14)4-7-12/h2-8,15H,1H3. The van der Waals surface area contributed by atoms with Crippen molar-refractivity contribution < 1.29 is 13.3 Å². The summed E-state index contributed by atoms with van der Waals surface area (Å²) in [6.45, 7) is 1.59. The molecule has 110 valence electrons. The minimum atomic E-state index is -3.78. The molecule has 2 rings (SSSR count). The lowest BCUT2D eigenvalue weighted by Crippen LogP contribution is -2.13. The van der Waals surface area contributed by atoms with Crippen LogP contribution in [-0.4, -0.2) is 13.3 Å². The Morgan fingerprint density at radius 2 is 1.76 bits per heavy atom. The first-order valence-corrected chi connectivity index (χ1v) is 8.10. The molecular formula is C13H11BrN2O4S. The van der Waals surface area contributed by atoms with E-state index < -0.39 is 14.9 Å². The summed E-state index contributed by atoms with van der Waals surface area (Å²) in [5.41, 5.74) is 0.479. The van der Waals surface area contributed by atoms with Gasteiger partial charge in [0, 0.05) is 16.1 Å². The number of nitrogens with one attached hydrogen (secondary N) is 1. The Kier molecular flexibility index (Phi) is 4.29. The summed E-state index contributed by atoms with van der Waals surface area (Å²) >= 11 is 3.22. The topological polar surface area (TPSA) is 89.3 Å². The van der Waals surface area contributed by atoms with E-state index in [0.29, 0.717) is 5.56 Å². The first-order chi connectivity index (χ1) is 9.79. The third-order valence-corrected chi connectivity index (χ3v) is 4.71. The number of hydrogen-bond acceptors (Lipinski definition) is 4. The van der Waals surface area contributed by atoms with Gasteiger partial charge in [-0.25, -0.2) is 8.42 Å². The minimum Gasteiger partial charge on any atom is -0.279 e. The molecule has 0 saturated heterocycles. The molecule has 0 aromatic heterocycles. The lowest BCUT2D eigenvalue weighted by atomic mass is 10.2. The zero-order valence-corrected chi connectivity index (χ0v) is 13.3. The maximum absolute atomic E-state index is 12.2. The second-order valence-electron chi connectivity index (χ2n) is 4.32. The van der Waals surface area contributed by atoms with Gasteiger partial charge in [0.05, 0.1) is 15.5 Å².